The standard InChI is InChI=1S/C20H20N/c1-15-9-11-18(12-10-15)19-13-16(2)21(17(3)14-19)20-7-5-4-6-8-20/h4-14H,1-3H3/q+1. The van der Waals surface area contributed by atoms with Gasteiger partial charge < -0.3 is 0 Å². The Kier molecular flexibility index (Phi) is 3.57. The fourth-order valence-corrected chi connectivity index (χ4v) is 2.80. The minimum Gasteiger partial charge on any atom is -0.162 e. The van der Waals surface area contributed by atoms with Gasteiger partial charge in [-0.25, -0.2) is 0 Å². The molecule has 3 rings (SSSR count). The molecule has 0 unspecified atom stereocenters. The van der Waals surface area contributed by atoms with Gasteiger partial charge in [-0.3, -0.25) is 0 Å². The van der Waals surface area contributed by atoms with Crippen LogP contribution in [0.15, 0.2) is 66.7 Å². The summed E-state index contributed by atoms with van der Waals surface area (Å²) in [7, 11) is 0. The van der Waals surface area contributed by atoms with E-state index in [2.05, 4.69) is 92.1 Å². The highest BCUT2D eigenvalue weighted by molar-refractivity contribution is 5.63. The number of hydrogen-bond donors (Lipinski definition) is 0. The molecule has 0 amide bonds. The predicted octanol–water partition coefficient (Wildman–Crippen LogP) is 4.56. The molecule has 1 heterocycles. The van der Waals surface area contributed by atoms with Crippen molar-refractivity contribution in [3.8, 4) is 16.8 Å². The molecule has 21 heavy (non-hydrogen) atoms. The fourth-order valence-electron chi connectivity index (χ4n) is 2.80. The summed E-state index contributed by atoms with van der Waals surface area (Å²) in [5.41, 5.74) is 7.54. The van der Waals surface area contributed by atoms with E-state index in [0.29, 0.717) is 0 Å². The van der Waals surface area contributed by atoms with E-state index >= 15 is 0 Å². The van der Waals surface area contributed by atoms with Crippen LogP contribution in [0.4, 0.5) is 0 Å². The minimum atomic E-state index is 1.21. The van der Waals surface area contributed by atoms with Crippen LogP contribution in [0.2, 0.25) is 0 Å². The molecule has 0 saturated heterocycles. The van der Waals surface area contributed by atoms with Gasteiger partial charge >= 0.3 is 0 Å². The Morgan fingerprint density at radius 1 is 0.619 bits per heavy atom. The first-order valence-electron chi connectivity index (χ1n) is 7.31. The summed E-state index contributed by atoms with van der Waals surface area (Å²) >= 11 is 0. The molecule has 0 N–H and O–H groups in total. The van der Waals surface area contributed by atoms with Gasteiger partial charge in [-0.2, -0.15) is 4.57 Å². The number of benzene rings is 2. The van der Waals surface area contributed by atoms with Crippen molar-refractivity contribution >= 4 is 0 Å². The van der Waals surface area contributed by atoms with Crippen molar-refractivity contribution < 1.29 is 4.57 Å². The normalized spacial score (nSPS) is 10.6. The molecule has 0 aliphatic heterocycles. The minimum absolute atomic E-state index is 1.21. The van der Waals surface area contributed by atoms with Gasteiger partial charge in [0.15, 0.2) is 11.4 Å². The Morgan fingerprint density at radius 3 is 1.76 bits per heavy atom. The van der Waals surface area contributed by atoms with Gasteiger partial charge in [0.05, 0.1) is 0 Å². The van der Waals surface area contributed by atoms with E-state index in [0.717, 1.165) is 0 Å². The van der Waals surface area contributed by atoms with Crippen LogP contribution < -0.4 is 4.57 Å². The van der Waals surface area contributed by atoms with Crippen LogP contribution in [0.5, 0.6) is 0 Å². The molecule has 1 nitrogen and oxygen atoms in total. The smallest absolute Gasteiger partial charge is 0.162 e. The van der Waals surface area contributed by atoms with Crippen LogP contribution >= 0.6 is 0 Å². The summed E-state index contributed by atoms with van der Waals surface area (Å²) in [6.45, 7) is 6.45. The van der Waals surface area contributed by atoms with Gasteiger partial charge in [-0.05, 0) is 18.1 Å². The largest absolute Gasteiger partial charge is 0.211 e. The fraction of sp³-hybridized carbons (Fsp3) is 0.150. The Bertz CT molecular complexity index is 733. The molecule has 104 valence electrons. The van der Waals surface area contributed by atoms with E-state index in [1.165, 1.54) is 33.8 Å². The number of rotatable bonds is 2. The highest BCUT2D eigenvalue weighted by atomic mass is 15.0. The molecule has 0 saturated carbocycles. The van der Waals surface area contributed by atoms with Gasteiger partial charge in [0.2, 0.25) is 5.69 Å². The summed E-state index contributed by atoms with van der Waals surface area (Å²) in [6, 6.07) is 23.7. The van der Waals surface area contributed by atoms with E-state index in [4.69, 9.17) is 0 Å². The maximum atomic E-state index is 2.29. The molecule has 0 fully saturated rings. The topological polar surface area (TPSA) is 3.88 Å². The van der Waals surface area contributed by atoms with Crippen molar-refractivity contribution in [2.75, 3.05) is 0 Å². The molecule has 0 aliphatic rings. The average Bonchev–Trinajstić information content (AvgIpc) is 2.48. The maximum Gasteiger partial charge on any atom is 0.211 e. The first-order valence-corrected chi connectivity index (χ1v) is 7.31. The van der Waals surface area contributed by atoms with Gasteiger partial charge in [0.25, 0.3) is 0 Å². The van der Waals surface area contributed by atoms with Crippen molar-refractivity contribution in [1.29, 1.82) is 0 Å². The third-order valence-electron chi connectivity index (χ3n) is 3.83. The quantitative estimate of drug-likeness (QED) is 0.603. The van der Waals surface area contributed by atoms with Crippen molar-refractivity contribution in [1.82, 2.24) is 0 Å². The third kappa shape index (κ3) is 2.73. The zero-order valence-corrected chi connectivity index (χ0v) is 12.8. The second kappa shape index (κ2) is 5.53. The lowest BCUT2D eigenvalue weighted by Crippen LogP contribution is -2.37. The average molecular weight is 274 g/mol. The predicted molar refractivity (Wildman–Crippen MR) is 87.6 cm³/mol. The van der Waals surface area contributed by atoms with Crippen molar-refractivity contribution in [3.05, 3.63) is 83.7 Å². The summed E-state index contributed by atoms with van der Waals surface area (Å²) in [5.74, 6) is 0. The molecule has 1 aromatic heterocycles. The van der Waals surface area contributed by atoms with Gasteiger partial charge in [-0.15, -0.1) is 0 Å². The molecule has 3 aromatic rings. The van der Waals surface area contributed by atoms with Crippen molar-refractivity contribution in [3.63, 3.8) is 0 Å². The first-order chi connectivity index (χ1) is 10.1. The van der Waals surface area contributed by atoms with Crippen LogP contribution in [-0.2, 0) is 0 Å². The number of hydrogen-bond acceptors (Lipinski definition) is 0. The van der Waals surface area contributed by atoms with Crippen molar-refractivity contribution in [2.24, 2.45) is 0 Å². The Hall–Kier alpha value is -2.41. The summed E-state index contributed by atoms with van der Waals surface area (Å²) in [5, 5.41) is 0. The molecule has 2 aromatic carbocycles. The van der Waals surface area contributed by atoms with Crippen LogP contribution in [0, 0.1) is 20.8 Å². The van der Waals surface area contributed by atoms with Crippen molar-refractivity contribution in [2.45, 2.75) is 20.8 Å². The number of nitrogens with zero attached hydrogens (tertiary/aromatic N) is 1. The van der Waals surface area contributed by atoms with Gasteiger partial charge in [-0.1, -0.05) is 48.0 Å². The lowest BCUT2D eigenvalue weighted by molar-refractivity contribution is -0.609. The lowest BCUT2D eigenvalue weighted by Gasteiger charge is -2.07. The van der Waals surface area contributed by atoms with Crippen LogP contribution in [0.25, 0.3) is 16.8 Å². The highest BCUT2D eigenvalue weighted by Gasteiger charge is 2.15. The Labute approximate surface area is 126 Å². The second-order valence-corrected chi connectivity index (χ2v) is 5.56. The molecule has 0 radical (unpaired) electrons. The second-order valence-electron chi connectivity index (χ2n) is 5.56. The molecular formula is C20H20N+. The highest BCUT2D eigenvalue weighted by Crippen LogP contribution is 2.21. The van der Waals surface area contributed by atoms with E-state index in [9.17, 15) is 0 Å². The lowest BCUT2D eigenvalue weighted by atomic mass is 10.0. The summed E-state index contributed by atoms with van der Waals surface area (Å²) in [6.07, 6.45) is 0. The molecule has 0 atom stereocenters. The Morgan fingerprint density at radius 2 is 1.19 bits per heavy atom. The van der Waals surface area contributed by atoms with Gasteiger partial charge in [0, 0.05) is 38.1 Å². The SMILES string of the molecule is Cc1ccc(-c2cc(C)[n+](-c3ccccc3)c(C)c2)cc1. The molecule has 1 heteroatoms. The maximum absolute atomic E-state index is 2.29. The van der Waals surface area contributed by atoms with E-state index in [1.54, 1.807) is 0 Å². The molecule has 0 aliphatic carbocycles. The first kappa shape index (κ1) is 13.6. The number of pyridine rings is 1. The number of aromatic nitrogens is 1. The zero-order valence-electron chi connectivity index (χ0n) is 12.8. The van der Waals surface area contributed by atoms with Crippen LogP contribution in [-0.4, -0.2) is 0 Å². The third-order valence-corrected chi connectivity index (χ3v) is 3.83. The van der Waals surface area contributed by atoms with Crippen LogP contribution in [0.1, 0.15) is 17.0 Å². The molecule has 0 spiro atoms. The number of aryl methyl sites for hydroxylation is 3. The Balaban J connectivity index is 2.10. The summed E-state index contributed by atoms with van der Waals surface area (Å²) in [4.78, 5) is 0. The summed E-state index contributed by atoms with van der Waals surface area (Å²) < 4.78 is 2.29. The zero-order chi connectivity index (χ0) is 14.8. The van der Waals surface area contributed by atoms with Crippen LogP contribution in [0.3, 0.4) is 0 Å². The van der Waals surface area contributed by atoms with E-state index in [-0.39, 0.29) is 0 Å². The molecular weight excluding hydrogens is 254 g/mol. The van der Waals surface area contributed by atoms with E-state index in [1.807, 2.05) is 0 Å². The molecule has 0 bridgehead atoms. The van der Waals surface area contributed by atoms with Gasteiger partial charge in [0.1, 0.15) is 0 Å². The van der Waals surface area contributed by atoms with E-state index < -0.39 is 0 Å². The number of para-hydroxylation sites is 1. The monoisotopic (exact) mass is 274 g/mol.